The smallest absolute Gasteiger partial charge is 0.251 e. The van der Waals surface area contributed by atoms with Crippen molar-refractivity contribution in [2.45, 2.75) is 31.8 Å². The van der Waals surface area contributed by atoms with E-state index < -0.39 is 6.10 Å². The van der Waals surface area contributed by atoms with Gasteiger partial charge in [0.25, 0.3) is 5.91 Å². The van der Waals surface area contributed by atoms with Crippen LogP contribution in [-0.2, 0) is 11.2 Å². The molecule has 0 bridgehead atoms. The molecule has 1 aromatic rings. The van der Waals surface area contributed by atoms with Crippen LogP contribution in [0.3, 0.4) is 0 Å². The Morgan fingerprint density at radius 1 is 1.30 bits per heavy atom. The van der Waals surface area contributed by atoms with Gasteiger partial charge in [0.15, 0.2) is 0 Å². The number of benzene rings is 1. The molecule has 1 fully saturated rings. The first-order valence-electron chi connectivity index (χ1n) is 7.42. The summed E-state index contributed by atoms with van der Waals surface area (Å²) in [6.07, 6.45) is 3.15. The molecule has 1 aromatic carbocycles. The van der Waals surface area contributed by atoms with Crippen molar-refractivity contribution in [2.24, 2.45) is 5.92 Å². The van der Waals surface area contributed by atoms with E-state index in [1.54, 1.807) is 0 Å². The lowest BCUT2D eigenvalue weighted by molar-refractivity contribution is 0.00716. The van der Waals surface area contributed by atoms with Crippen LogP contribution < -0.4 is 5.32 Å². The Labute approximate surface area is 119 Å². The molecule has 0 aliphatic carbocycles. The molecule has 0 spiro atoms. The Balaban J connectivity index is 1.85. The summed E-state index contributed by atoms with van der Waals surface area (Å²) in [7, 11) is 0. The molecule has 20 heavy (non-hydrogen) atoms. The lowest BCUT2D eigenvalue weighted by atomic mass is 9.88. The third-order valence-electron chi connectivity index (χ3n) is 4.34. The lowest BCUT2D eigenvalue weighted by Gasteiger charge is -2.27. The van der Waals surface area contributed by atoms with Crippen LogP contribution in [0.25, 0.3) is 0 Å². The molecule has 4 heteroatoms. The highest BCUT2D eigenvalue weighted by molar-refractivity contribution is 5.96. The van der Waals surface area contributed by atoms with Gasteiger partial charge in [-0.2, -0.15) is 0 Å². The number of hydrogen-bond acceptors (Lipinski definition) is 3. The van der Waals surface area contributed by atoms with Crippen LogP contribution in [0.1, 0.15) is 46.9 Å². The zero-order chi connectivity index (χ0) is 13.9. The van der Waals surface area contributed by atoms with Crippen molar-refractivity contribution in [3.63, 3.8) is 0 Å². The van der Waals surface area contributed by atoms with E-state index >= 15 is 0 Å². The maximum Gasteiger partial charge on any atom is 0.251 e. The zero-order valence-corrected chi connectivity index (χ0v) is 11.6. The number of aliphatic hydroxyl groups excluding tert-OH is 1. The first kappa shape index (κ1) is 13.6. The van der Waals surface area contributed by atoms with E-state index in [4.69, 9.17) is 4.74 Å². The van der Waals surface area contributed by atoms with Gasteiger partial charge in [-0.15, -0.1) is 0 Å². The Kier molecular flexibility index (Phi) is 4.03. The van der Waals surface area contributed by atoms with Crippen molar-refractivity contribution >= 4 is 5.91 Å². The maximum atomic E-state index is 12.0. The molecule has 108 valence electrons. The fourth-order valence-corrected chi connectivity index (χ4v) is 3.09. The van der Waals surface area contributed by atoms with Gasteiger partial charge in [-0.25, -0.2) is 0 Å². The van der Waals surface area contributed by atoms with Gasteiger partial charge in [-0.05, 0) is 48.8 Å². The number of nitrogens with one attached hydrogen (secondary N) is 1. The molecule has 2 aliphatic rings. The molecule has 3 rings (SSSR count). The molecule has 1 unspecified atom stereocenters. The average Bonchev–Trinajstić information content (AvgIpc) is 2.69. The predicted molar refractivity (Wildman–Crippen MR) is 75.6 cm³/mol. The molecule has 1 amide bonds. The summed E-state index contributed by atoms with van der Waals surface area (Å²) in [6, 6.07) is 5.84. The quantitative estimate of drug-likeness (QED) is 0.865. The molecule has 0 radical (unpaired) electrons. The number of carbonyl (C=O) groups is 1. The van der Waals surface area contributed by atoms with Crippen molar-refractivity contribution in [1.82, 2.24) is 5.32 Å². The molecular formula is C16H21NO3. The first-order chi connectivity index (χ1) is 9.75. The van der Waals surface area contributed by atoms with Crippen LogP contribution in [0, 0.1) is 5.92 Å². The van der Waals surface area contributed by atoms with Crippen molar-refractivity contribution < 1.29 is 14.6 Å². The highest BCUT2D eigenvalue weighted by Crippen LogP contribution is 2.31. The van der Waals surface area contributed by atoms with Gasteiger partial charge in [0.1, 0.15) is 0 Å². The summed E-state index contributed by atoms with van der Waals surface area (Å²) in [5.41, 5.74) is 2.67. The predicted octanol–water partition coefficient (Wildman–Crippen LogP) is 1.82. The first-order valence-corrected chi connectivity index (χ1v) is 7.42. The fraction of sp³-hybridized carbons (Fsp3) is 0.562. The minimum atomic E-state index is -0.500. The van der Waals surface area contributed by atoms with Gasteiger partial charge in [-0.1, -0.05) is 12.1 Å². The molecule has 1 atom stereocenters. The molecule has 1 saturated heterocycles. The number of fused-ring (bicyclic) bond motifs is 1. The summed E-state index contributed by atoms with van der Waals surface area (Å²) in [6.45, 7) is 2.16. The minimum absolute atomic E-state index is 0.0153. The second-order valence-electron chi connectivity index (χ2n) is 5.67. The van der Waals surface area contributed by atoms with Crippen molar-refractivity contribution in [1.29, 1.82) is 0 Å². The van der Waals surface area contributed by atoms with Gasteiger partial charge in [0.05, 0.1) is 6.10 Å². The monoisotopic (exact) mass is 275 g/mol. The second kappa shape index (κ2) is 5.94. The van der Waals surface area contributed by atoms with Gasteiger partial charge in [-0.3, -0.25) is 4.79 Å². The van der Waals surface area contributed by atoms with E-state index in [0.29, 0.717) is 13.2 Å². The van der Waals surface area contributed by atoms with E-state index in [1.165, 1.54) is 0 Å². The Hall–Kier alpha value is -1.39. The van der Waals surface area contributed by atoms with Crippen LogP contribution in [0.2, 0.25) is 0 Å². The van der Waals surface area contributed by atoms with E-state index in [0.717, 1.165) is 48.9 Å². The van der Waals surface area contributed by atoms with Gasteiger partial charge in [0, 0.05) is 25.3 Å². The van der Waals surface area contributed by atoms with Gasteiger partial charge < -0.3 is 15.2 Å². The molecule has 0 saturated carbocycles. The van der Waals surface area contributed by atoms with Crippen LogP contribution >= 0.6 is 0 Å². The Morgan fingerprint density at radius 2 is 2.10 bits per heavy atom. The number of rotatable bonds is 2. The molecule has 4 nitrogen and oxygen atoms in total. The molecule has 2 heterocycles. The van der Waals surface area contributed by atoms with Crippen LogP contribution in [0.15, 0.2) is 18.2 Å². The topological polar surface area (TPSA) is 58.6 Å². The molecular weight excluding hydrogens is 254 g/mol. The lowest BCUT2D eigenvalue weighted by Crippen LogP contribution is -2.24. The average molecular weight is 275 g/mol. The summed E-state index contributed by atoms with van der Waals surface area (Å²) in [5.74, 6) is 0.217. The van der Waals surface area contributed by atoms with Crippen LogP contribution in [0.4, 0.5) is 0 Å². The maximum absolute atomic E-state index is 12.0. The highest BCUT2D eigenvalue weighted by atomic mass is 16.5. The normalized spacial score (nSPS) is 21.8. The molecule has 2 aliphatic heterocycles. The number of aryl methyl sites for hydroxylation is 1. The number of ether oxygens (including phenoxy) is 1. The van der Waals surface area contributed by atoms with Crippen LogP contribution in [0.5, 0.6) is 0 Å². The summed E-state index contributed by atoms with van der Waals surface area (Å²) in [4.78, 5) is 12.0. The van der Waals surface area contributed by atoms with E-state index in [2.05, 4.69) is 5.32 Å². The molecule has 2 N–H and O–H groups in total. The Bertz CT molecular complexity index is 494. The highest BCUT2D eigenvalue weighted by Gasteiger charge is 2.25. The second-order valence-corrected chi connectivity index (χ2v) is 5.67. The fourth-order valence-electron chi connectivity index (χ4n) is 3.09. The summed E-state index contributed by atoms with van der Waals surface area (Å²) >= 11 is 0. The largest absolute Gasteiger partial charge is 0.388 e. The Morgan fingerprint density at radius 3 is 2.90 bits per heavy atom. The summed E-state index contributed by atoms with van der Waals surface area (Å²) < 4.78 is 5.33. The number of aliphatic hydroxyl groups is 1. The SMILES string of the molecule is O=C1NCCCc2ccc(C(O)C3CCOCC3)cc21. The van der Waals surface area contributed by atoms with Crippen LogP contribution in [-0.4, -0.2) is 30.8 Å². The number of hydrogen-bond donors (Lipinski definition) is 2. The van der Waals surface area contributed by atoms with E-state index in [-0.39, 0.29) is 11.8 Å². The van der Waals surface area contributed by atoms with Crippen molar-refractivity contribution in [3.8, 4) is 0 Å². The van der Waals surface area contributed by atoms with Gasteiger partial charge in [0.2, 0.25) is 0 Å². The standard InChI is InChI=1S/C16H21NO3/c18-15(12-5-8-20-9-6-12)13-4-3-11-2-1-7-17-16(19)14(11)10-13/h3-4,10,12,15,18H,1-2,5-9H2,(H,17,19). The number of carbonyl (C=O) groups excluding carboxylic acids is 1. The third-order valence-corrected chi connectivity index (χ3v) is 4.34. The van der Waals surface area contributed by atoms with E-state index in [9.17, 15) is 9.90 Å². The zero-order valence-electron chi connectivity index (χ0n) is 11.6. The van der Waals surface area contributed by atoms with E-state index in [1.807, 2.05) is 18.2 Å². The number of amides is 1. The van der Waals surface area contributed by atoms with Crippen molar-refractivity contribution in [3.05, 3.63) is 34.9 Å². The molecule has 0 aromatic heterocycles. The van der Waals surface area contributed by atoms with Gasteiger partial charge >= 0.3 is 0 Å². The summed E-state index contributed by atoms with van der Waals surface area (Å²) in [5, 5.41) is 13.4. The minimum Gasteiger partial charge on any atom is -0.388 e. The van der Waals surface area contributed by atoms with Crippen molar-refractivity contribution in [2.75, 3.05) is 19.8 Å². The third kappa shape index (κ3) is 2.72.